The first-order valence-corrected chi connectivity index (χ1v) is 6.23. The van der Waals surface area contributed by atoms with E-state index < -0.39 is 0 Å². The maximum atomic E-state index is 5.85. The van der Waals surface area contributed by atoms with Gasteiger partial charge in [0.25, 0.3) is 0 Å². The molecule has 0 saturated carbocycles. The molecule has 0 atom stereocenters. The first kappa shape index (κ1) is 11.6. The van der Waals surface area contributed by atoms with Gasteiger partial charge in [0.15, 0.2) is 0 Å². The van der Waals surface area contributed by atoms with Crippen LogP contribution in [0.2, 0.25) is 0 Å². The predicted molar refractivity (Wildman–Crippen MR) is 73.7 cm³/mol. The molecule has 0 unspecified atom stereocenters. The van der Waals surface area contributed by atoms with Gasteiger partial charge in [0.1, 0.15) is 0 Å². The molecule has 0 heterocycles. The van der Waals surface area contributed by atoms with E-state index in [-0.39, 0.29) is 5.41 Å². The van der Waals surface area contributed by atoms with Crippen molar-refractivity contribution in [2.45, 2.75) is 19.3 Å². The van der Waals surface area contributed by atoms with E-state index in [1.165, 1.54) is 16.3 Å². The van der Waals surface area contributed by atoms with Gasteiger partial charge in [-0.2, -0.15) is 0 Å². The highest BCUT2D eigenvalue weighted by atomic mass is 79.9. The third-order valence-corrected chi connectivity index (χ3v) is 3.58. The molecule has 2 aromatic rings. The van der Waals surface area contributed by atoms with Crippen molar-refractivity contribution >= 4 is 26.7 Å². The van der Waals surface area contributed by atoms with Gasteiger partial charge in [0, 0.05) is 16.4 Å². The summed E-state index contributed by atoms with van der Waals surface area (Å²) in [7, 11) is 0. The van der Waals surface area contributed by atoms with Crippen molar-refractivity contribution in [2.24, 2.45) is 5.73 Å². The van der Waals surface area contributed by atoms with Crippen LogP contribution in [-0.4, -0.2) is 6.54 Å². The van der Waals surface area contributed by atoms with E-state index in [4.69, 9.17) is 5.73 Å². The molecule has 0 radical (unpaired) electrons. The van der Waals surface area contributed by atoms with Gasteiger partial charge in [-0.3, -0.25) is 0 Å². The van der Waals surface area contributed by atoms with Crippen LogP contribution in [0.15, 0.2) is 40.9 Å². The van der Waals surface area contributed by atoms with E-state index in [1.807, 2.05) is 0 Å². The monoisotopic (exact) mass is 277 g/mol. The number of nitrogens with two attached hydrogens (primary N) is 1. The van der Waals surface area contributed by atoms with Crippen molar-refractivity contribution in [3.63, 3.8) is 0 Å². The molecule has 0 aliphatic heterocycles. The topological polar surface area (TPSA) is 26.0 Å². The van der Waals surface area contributed by atoms with Crippen LogP contribution in [0.4, 0.5) is 0 Å². The zero-order chi connectivity index (χ0) is 11.8. The van der Waals surface area contributed by atoms with Gasteiger partial charge in [0.05, 0.1) is 0 Å². The lowest BCUT2D eigenvalue weighted by Gasteiger charge is -2.24. The van der Waals surface area contributed by atoms with Crippen LogP contribution in [0.25, 0.3) is 10.8 Å². The molecule has 0 bridgehead atoms. The maximum Gasteiger partial charge on any atom is 0.0181 e. The summed E-state index contributed by atoms with van der Waals surface area (Å²) >= 11 is 3.50. The number of benzene rings is 2. The summed E-state index contributed by atoms with van der Waals surface area (Å²) in [5.74, 6) is 0. The number of fused-ring (bicyclic) bond motifs is 1. The minimum atomic E-state index is 0.0212. The summed E-state index contributed by atoms with van der Waals surface area (Å²) in [4.78, 5) is 0. The highest BCUT2D eigenvalue weighted by molar-refractivity contribution is 9.10. The zero-order valence-corrected chi connectivity index (χ0v) is 11.2. The van der Waals surface area contributed by atoms with Crippen LogP contribution in [0, 0.1) is 0 Å². The standard InChI is InChI=1S/C14H16BrN/c1-14(2,9-16)13-5-3-4-10-8-11(15)6-7-12(10)13/h3-8H,9,16H2,1-2H3. The Morgan fingerprint density at radius 1 is 1.19 bits per heavy atom. The van der Waals surface area contributed by atoms with Crippen molar-refractivity contribution < 1.29 is 0 Å². The third-order valence-electron chi connectivity index (χ3n) is 3.08. The molecule has 16 heavy (non-hydrogen) atoms. The molecule has 1 nitrogen and oxygen atoms in total. The Labute approximate surface area is 105 Å². The highest BCUT2D eigenvalue weighted by Crippen LogP contribution is 2.30. The summed E-state index contributed by atoms with van der Waals surface area (Å²) < 4.78 is 1.11. The minimum absolute atomic E-state index is 0.0212. The fourth-order valence-electron chi connectivity index (χ4n) is 1.95. The lowest BCUT2D eigenvalue weighted by Crippen LogP contribution is -2.28. The van der Waals surface area contributed by atoms with E-state index in [2.05, 4.69) is 66.2 Å². The van der Waals surface area contributed by atoms with Crippen molar-refractivity contribution in [1.29, 1.82) is 0 Å². The molecule has 84 valence electrons. The van der Waals surface area contributed by atoms with Gasteiger partial charge in [-0.25, -0.2) is 0 Å². The number of rotatable bonds is 2. The molecular weight excluding hydrogens is 262 g/mol. The normalized spacial score (nSPS) is 12.0. The largest absolute Gasteiger partial charge is 0.330 e. The average molecular weight is 278 g/mol. The molecular formula is C14H16BrN. The fraction of sp³-hybridized carbons (Fsp3) is 0.286. The SMILES string of the molecule is CC(C)(CN)c1cccc2cc(Br)ccc12. The zero-order valence-electron chi connectivity index (χ0n) is 9.63. The second-order valence-corrected chi connectivity index (χ2v) is 5.67. The Morgan fingerprint density at radius 3 is 2.62 bits per heavy atom. The van der Waals surface area contributed by atoms with Gasteiger partial charge in [-0.05, 0) is 28.5 Å². The smallest absolute Gasteiger partial charge is 0.0181 e. The highest BCUT2D eigenvalue weighted by Gasteiger charge is 2.20. The van der Waals surface area contributed by atoms with Crippen LogP contribution in [0.5, 0.6) is 0 Å². The van der Waals surface area contributed by atoms with Crippen LogP contribution in [0.1, 0.15) is 19.4 Å². The van der Waals surface area contributed by atoms with Gasteiger partial charge in [-0.15, -0.1) is 0 Å². The molecule has 0 aliphatic rings. The molecule has 0 amide bonds. The summed E-state index contributed by atoms with van der Waals surface area (Å²) in [6, 6.07) is 12.8. The Hall–Kier alpha value is -0.860. The second kappa shape index (κ2) is 4.19. The quantitative estimate of drug-likeness (QED) is 0.887. The molecule has 0 fully saturated rings. The summed E-state index contributed by atoms with van der Waals surface area (Å²) in [6.45, 7) is 5.02. The first-order chi connectivity index (χ1) is 7.54. The van der Waals surface area contributed by atoms with Crippen molar-refractivity contribution in [2.75, 3.05) is 6.54 Å². The van der Waals surface area contributed by atoms with Crippen LogP contribution in [0.3, 0.4) is 0 Å². The van der Waals surface area contributed by atoms with Crippen molar-refractivity contribution in [3.05, 3.63) is 46.4 Å². The molecule has 2 aromatic carbocycles. The van der Waals surface area contributed by atoms with E-state index in [1.54, 1.807) is 0 Å². The third kappa shape index (κ3) is 2.00. The van der Waals surface area contributed by atoms with Gasteiger partial charge in [0.2, 0.25) is 0 Å². The van der Waals surface area contributed by atoms with E-state index >= 15 is 0 Å². The maximum absolute atomic E-state index is 5.85. The minimum Gasteiger partial charge on any atom is -0.330 e. The molecule has 0 saturated heterocycles. The number of hydrogen-bond acceptors (Lipinski definition) is 1. The predicted octanol–water partition coefficient (Wildman–Crippen LogP) is 3.84. The molecule has 2 N–H and O–H groups in total. The number of hydrogen-bond donors (Lipinski definition) is 1. The van der Waals surface area contributed by atoms with Gasteiger partial charge in [-0.1, -0.05) is 54.0 Å². The lowest BCUT2D eigenvalue weighted by atomic mass is 9.82. The lowest BCUT2D eigenvalue weighted by molar-refractivity contribution is 0.544. The Morgan fingerprint density at radius 2 is 1.94 bits per heavy atom. The molecule has 0 spiro atoms. The molecule has 0 aliphatic carbocycles. The Balaban J connectivity index is 2.72. The van der Waals surface area contributed by atoms with Crippen molar-refractivity contribution in [1.82, 2.24) is 0 Å². The summed E-state index contributed by atoms with van der Waals surface area (Å²) in [6.07, 6.45) is 0. The van der Waals surface area contributed by atoms with Gasteiger partial charge < -0.3 is 5.73 Å². The molecule has 2 heteroatoms. The van der Waals surface area contributed by atoms with Crippen LogP contribution in [-0.2, 0) is 5.41 Å². The van der Waals surface area contributed by atoms with E-state index in [0.29, 0.717) is 6.54 Å². The average Bonchev–Trinajstić information content (AvgIpc) is 2.27. The van der Waals surface area contributed by atoms with Gasteiger partial charge >= 0.3 is 0 Å². The summed E-state index contributed by atoms with van der Waals surface area (Å²) in [5.41, 5.74) is 7.19. The van der Waals surface area contributed by atoms with Crippen molar-refractivity contribution in [3.8, 4) is 0 Å². The van der Waals surface area contributed by atoms with Crippen LogP contribution >= 0.6 is 15.9 Å². The van der Waals surface area contributed by atoms with Crippen LogP contribution < -0.4 is 5.73 Å². The first-order valence-electron chi connectivity index (χ1n) is 5.43. The Bertz CT molecular complexity index is 517. The Kier molecular flexibility index (Phi) is 3.04. The molecule has 0 aromatic heterocycles. The second-order valence-electron chi connectivity index (χ2n) is 4.76. The van der Waals surface area contributed by atoms with E-state index in [0.717, 1.165) is 4.47 Å². The summed E-state index contributed by atoms with van der Waals surface area (Å²) in [5, 5.41) is 2.55. The number of halogens is 1. The fourth-order valence-corrected chi connectivity index (χ4v) is 2.33. The molecule has 2 rings (SSSR count). The van der Waals surface area contributed by atoms with E-state index in [9.17, 15) is 0 Å².